The fraction of sp³-hybridized carbons (Fsp3) is 0.636. The summed E-state index contributed by atoms with van der Waals surface area (Å²) in [6, 6.07) is 0. The van der Waals surface area contributed by atoms with Crippen LogP contribution >= 0.6 is 35.3 Å². The van der Waals surface area contributed by atoms with Crippen molar-refractivity contribution in [2.24, 2.45) is 4.99 Å². The summed E-state index contributed by atoms with van der Waals surface area (Å²) in [6.45, 7) is 3.82. The quantitative estimate of drug-likeness (QED) is 0.310. The predicted molar refractivity (Wildman–Crippen MR) is 87.2 cm³/mol. The highest BCUT2D eigenvalue weighted by molar-refractivity contribution is 14.0. The average molecular weight is 438 g/mol. The molecule has 0 spiro atoms. The van der Waals surface area contributed by atoms with Crippen LogP contribution in [-0.2, 0) is 17.5 Å². The van der Waals surface area contributed by atoms with Crippen LogP contribution in [0.5, 0.6) is 0 Å². The molecule has 0 aliphatic carbocycles. The maximum absolute atomic E-state index is 12.4. The number of aromatic nitrogens is 1. The molecule has 0 bridgehead atoms. The summed E-state index contributed by atoms with van der Waals surface area (Å²) in [6.07, 6.45) is -4.40. The monoisotopic (exact) mass is 438 g/mol. The van der Waals surface area contributed by atoms with E-state index in [1.165, 1.54) is 0 Å². The van der Waals surface area contributed by atoms with Gasteiger partial charge in [0.15, 0.2) is 11.7 Å². The Hall–Kier alpha value is -0.620. The molecule has 5 nitrogen and oxygen atoms in total. The number of halogens is 4. The van der Waals surface area contributed by atoms with Crippen LogP contribution in [0.1, 0.15) is 17.6 Å². The molecule has 0 radical (unpaired) electrons. The first-order valence-electron chi connectivity index (χ1n) is 6.01. The number of nitrogens with zero attached hydrogens (tertiary/aromatic N) is 2. The van der Waals surface area contributed by atoms with Crippen molar-refractivity contribution in [3.63, 3.8) is 0 Å². The lowest BCUT2D eigenvalue weighted by Gasteiger charge is -2.10. The van der Waals surface area contributed by atoms with Gasteiger partial charge in [-0.25, -0.2) is 4.98 Å². The number of hydrogen-bond acceptors (Lipinski definition) is 4. The largest absolute Gasteiger partial charge is 0.434 e. The summed E-state index contributed by atoms with van der Waals surface area (Å²) in [4.78, 5) is 7.47. The number of guanidine groups is 1. The van der Waals surface area contributed by atoms with Crippen molar-refractivity contribution in [1.82, 2.24) is 15.6 Å². The van der Waals surface area contributed by atoms with Crippen LogP contribution in [0.25, 0.3) is 0 Å². The fourth-order valence-electron chi connectivity index (χ4n) is 1.29. The molecule has 2 N–H and O–H groups in total. The minimum atomic E-state index is -4.40. The lowest BCUT2D eigenvalue weighted by Crippen LogP contribution is -2.38. The molecule has 0 amide bonds. The van der Waals surface area contributed by atoms with Gasteiger partial charge >= 0.3 is 6.18 Å². The van der Waals surface area contributed by atoms with Crippen LogP contribution in [0.3, 0.4) is 0 Å². The van der Waals surface area contributed by atoms with Crippen molar-refractivity contribution < 1.29 is 17.9 Å². The van der Waals surface area contributed by atoms with E-state index >= 15 is 0 Å². The van der Waals surface area contributed by atoms with E-state index in [4.69, 9.17) is 4.74 Å². The van der Waals surface area contributed by atoms with Gasteiger partial charge in [-0.15, -0.1) is 35.3 Å². The first-order valence-corrected chi connectivity index (χ1v) is 6.89. The van der Waals surface area contributed by atoms with Crippen LogP contribution in [0.15, 0.2) is 10.4 Å². The van der Waals surface area contributed by atoms with Crippen molar-refractivity contribution in [1.29, 1.82) is 0 Å². The second-order valence-electron chi connectivity index (χ2n) is 3.67. The van der Waals surface area contributed by atoms with E-state index in [1.807, 2.05) is 6.92 Å². The van der Waals surface area contributed by atoms with Gasteiger partial charge in [0.25, 0.3) is 0 Å². The molecule has 0 saturated carbocycles. The Labute approximate surface area is 142 Å². The third-order valence-corrected chi connectivity index (χ3v) is 3.06. The molecule has 1 aromatic heterocycles. The van der Waals surface area contributed by atoms with Gasteiger partial charge in [0.1, 0.15) is 5.01 Å². The summed E-state index contributed by atoms with van der Waals surface area (Å²) < 4.78 is 42.3. The van der Waals surface area contributed by atoms with Crippen molar-refractivity contribution in [3.8, 4) is 0 Å². The number of nitrogens with one attached hydrogen (secondary N) is 2. The normalized spacial score (nSPS) is 12.0. The number of alkyl halides is 3. The molecular weight excluding hydrogens is 420 g/mol. The van der Waals surface area contributed by atoms with E-state index in [9.17, 15) is 13.2 Å². The zero-order valence-electron chi connectivity index (χ0n) is 11.7. The third kappa shape index (κ3) is 7.81. The Kier molecular flexibility index (Phi) is 9.86. The van der Waals surface area contributed by atoms with Gasteiger partial charge in [0.05, 0.1) is 13.2 Å². The second kappa shape index (κ2) is 10.2. The molecule has 0 fully saturated rings. The number of ether oxygens (including phenoxy) is 1. The van der Waals surface area contributed by atoms with Crippen LogP contribution < -0.4 is 10.6 Å². The SMILES string of the molecule is CCOCCNC(=NC)NCc1nc(C(F)(F)F)cs1.I. The maximum Gasteiger partial charge on any atom is 0.434 e. The lowest BCUT2D eigenvalue weighted by atomic mass is 10.5. The second-order valence-corrected chi connectivity index (χ2v) is 4.62. The minimum Gasteiger partial charge on any atom is -0.380 e. The van der Waals surface area contributed by atoms with Crippen LogP contribution in [0.4, 0.5) is 13.2 Å². The number of thiazole rings is 1. The minimum absolute atomic E-state index is 0. The molecule has 0 saturated heterocycles. The summed E-state index contributed by atoms with van der Waals surface area (Å²) in [5.74, 6) is 0.494. The van der Waals surface area contributed by atoms with E-state index in [0.29, 0.717) is 30.7 Å². The highest BCUT2D eigenvalue weighted by Gasteiger charge is 2.33. The Morgan fingerprint density at radius 3 is 2.67 bits per heavy atom. The highest BCUT2D eigenvalue weighted by atomic mass is 127. The molecule has 0 atom stereocenters. The maximum atomic E-state index is 12.4. The first kappa shape index (κ1) is 20.4. The number of hydrogen-bond donors (Lipinski definition) is 2. The highest BCUT2D eigenvalue weighted by Crippen LogP contribution is 2.29. The predicted octanol–water partition coefficient (Wildman–Crippen LogP) is 2.48. The molecule has 0 unspecified atom stereocenters. The summed E-state index contributed by atoms with van der Waals surface area (Å²) >= 11 is 0.960. The molecule has 122 valence electrons. The molecule has 0 aromatic carbocycles. The fourth-order valence-corrected chi connectivity index (χ4v) is 2.03. The van der Waals surface area contributed by atoms with Crippen molar-refractivity contribution in [2.45, 2.75) is 19.6 Å². The van der Waals surface area contributed by atoms with Gasteiger partial charge in [0.2, 0.25) is 0 Å². The van der Waals surface area contributed by atoms with Gasteiger partial charge in [-0.1, -0.05) is 0 Å². The van der Waals surface area contributed by atoms with Crippen LogP contribution in [-0.4, -0.2) is 37.7 Å². The number of aliphatic imine (C=N–C) groups is 1. The molecule has 0 aliphatic heterocycles. The molecule has 10 heteroatoms. The van der Waals surface area contributed by atoms with Crippen molar-refractivity contribution in [3.05, 3.63) is 16.1 Å². The van der Waals surface area contributed by atoms with E-state index < -0.39 is 11.9 Å². The van der Waals surface area contributed by atoms with E-state index in [1.54, 1.807) is 7.05 Å². The molecule has 21 heavy (non-hydrogen) atoms. The standard InChI is InChI=1S/C11H17F3N4OS.HI/c1-3-19-5-4-16-10(15-2)17-6-9-18-8(7-20-9)11(12,13)14;/h7H,3-6H2,1-2H3,(H2,15,16,17);1H. The Morgan fingerprint density at radius 1 is 1.43 bits per heavy atom. The topological polar surface area (TPSA) is 58.5 Å². The van der Waals surface area contributed by atoms with E-state index in [0.717, 1.165) is 16.7 Å². The van der Waals surface area contributed by atoms with Crippen LogP contribution in [0, 0.1) is 0 Å². The molecule has 1 rings (SSSR count). The Morgan fingerprint density at radius 2 is 2.14 bits per heavy atom. The van der Waals surface area contributed by atoms with Gasteiger partial charge in [-0.05, 0) is 6.92 Å². The van der Waals surface area contributed by atoms with E-state index in [-0.39, 0.29) is 30.5 Å². The summed E-state index contributed by atoms with van der Waals surface area (Å²) in [5.41, 5.74) is -0.862. The smallest absolute Gasteiger partial charge is 0.380 e. The first-order chi connectivity index (χ1) is 9.47. The van der Waals surface area contributed by atoms with Crippen molar-refractivity contribution in [2.75, 3.05) is 26.8 Å². The summed E-state index contributed by atoms with van der Waals surface area (Å²) in [5, 5.41) is 7.23. The Balaban J connectivity index is 0.00000400. The van der Waals surface area contributed by atoms with Crippen LogP contribution in [0.2, 0.25) is 0 Å². The van der Waals surface area contributed by atoms with Gasteiger partial charge in [0, 0.05) is 25.6 Å². The zero-order chi connectivity index (χ0) is 15.0. The van der Waals surface area contributed by atoms with Gasteiger partial charge in [-0.2, -0.15) is 13.2 Å². The van der Waals surface area contributed by atoms with Gasteiger partial charge < -0.3 is 15.4 Å². The van der Waals surface area contributed by atoms with Gasteiger partial charge in [-0.3, -0.25) is 4.99 Å². The molecule has 1 heterocycles. The molecule has 1 aromatic rings. The Bertz CT molecular complexity index is 439. The summed E-state index contributed by atoms with van der Waals surface area (Å²) in [7, 11) is 1.58. The third-order valence-electron chi connectivity index (χ3n) is 2.22. The molecule has 0 aliphatic rings. The van der Waals surface area contributed by atoms with Crippen molar-refractivity contribution >= 4 is 41.3 Å². The molecular formula is C11H18F3IN4OS. The van der Waals surface area contributed by atoms with E-state index in [2.05, 4.69) is 20.6 Å². The number of rotatable bonds is 6. The lowest BCUT2D eigenvalue weighted by molar-refractivity contribution is -0.140. The zero-order valence-corrected chi connectivity index (χ0v) is 14.8. The average Bonchev–Trinajstić information content (AvgIpc) is 2.87.